The fraction of sp³-hybridized carbons (Fsp3) is 0.364. The number of methoxy groups -OCH3 is 1. The zero-order chi connectivity index (χ0) is 10.6. The van der Waals surface area contributed by atoms with Crippen molar-refractivity contribution in [2.45, 2.75) is 13.3 Å². The number of benzene rings is 1. The molecule has 0 atom stereocenters. The summed E-state index contributed by atoms with van der Waals surface area (Å²) in [7, 11) is 1.56. The molecule has 0 saturated carbocycles. The van der Waals surface area contributed by atoms with E-state index >= 15 is 0 Å². The Bertz CT molecular complexity index is 334. The average Bonchev–Trinajstić information content (AvgIpc) is 2.18. The maximum absolute atomic E-state index is 11.6. The molecule has 0 aliphatic rings. The second-order valence-corrected chi connectivity index (χ2v) is 3.17. The van der Waals surface area contributed by atoms with Crippen molar-refractivity contribution in [1.29, 1.82) is 0 Å². The van der Waals surface area contributed by atoms with Crippen LogP contribution in [-0.2, 0) is 0 Å². The number of carbonyl (C=O) groups excluding carboxylic acids is 1. The van der Waals surface area contributed by atoms with Crippen molar-refractivity contribution in [2.75, 3.05) is 13.7 Å². The lowest BCUT2D eigenvalue weighted by molar-refractivity contribution is 0.0982. The third kappa shape index (κ3) is 2.33. The van der Waals surface area contributed by atoms with Crippen LogP contribution >= 0.6 is 0 Å². The van der Waals surface area contributed by atoms with Crippen LogP contribution in [0.15, 0.2) is 18.2 Å². The van der Waals surface area contributed by atoms with Gasteiger partial charge in [0.1, 0.15) is 5.75 Å². The maximum atomic E-state index is 11.6. The molecule has 0 heterocycles. The Morgan fingerprint density at radius 3 is 2.79 bits per heavy atom. The maximum Gasteiger partial charge on any atom is 0.167 e. The van der Waals surface area contributed by atoms with Crippen molar-refractivity contribution in [2.24, 2.45) is 5.73 Å². The summed E-state index contributed by atoms with van der Waals surface area (Å²) in [4.78, 5) is 11.6. The van der Waals surface area contributed by atoms with E-state index in [0.29, 0.717) is 24.3 Å². The lowest BCUT2D eigenvalue weighted by Gasteiger charge is -2.07. The fourth-order valence-electron chi connectivity index (χ4n) is 1.31. The van der Waals surface area contributed by atoms with Crippen LogP contribution in [0, 0.1) is 6.92 Å². The first-order valence-corrected chi connectivity index (χ1v) is 4.57. The second-order valence-electron chi connectivity index (χ2n) is 3.17. The van der Waals surface area contributed by atoms with Crippen LogP contribution < -0.4 is 10.5 Å². The van der Waals surface area contributed by atoms with E-state index in [9.17, 15) is 4.79 Å². The van der Waals surface area contributed by atoms with Gasteiger partial charge in [-0.25, -0.2) is 0 Å². The predicted octanol–water partition coefficient (Wildman–Crippen LogP) is 1.54. The van der Waals surface area contributed by atoms with Crippen molar-refractivity contribution in [3.8, 4) is 5.75 Å². The van der Waals surface area contributed by atoms with Crippen LogP contribution in [0.4, 0.5) is 0 Å². The summed E-state index contributed by atoms with van der Waals surface area (Å²) in [5.74, 6) is 0.655. The molecule has 0 spiro atoms. The average molecular weight is 193 g/mol. The molecule has 3 heteroatoms. The number of hydrogen-bond acceptors (Lipinski definition) is 3. The summed E-state index contributed by atoms with van der Waals surface area (Å²) in [6.07, 6.45) is 0.361. The highest BCUT2D eigenvalue weighted by Crippen LogP contribution is 2.20. The fourth-order valence-corrected chi connectivity index (χ4v) is 1.31. The molecule has 2 N–H and O–H groups in total. The first-order chi connectivity index (χ1) is 6.69. The molecular formula is C11H15NO2. The quantitative estimate of drug-likeness (QED) is 0.738. The number of ether oxygens (including phenoxy) is 1. The summed E-state index contributed by atoms with van der Waals surface area (Å²) in [6, 6.07) is 5.55. The van der Waals surface area contributed by atoms with Crippen LogP contribution in [0.3, 0.4) is 0 Å². The van der Waals surface area contributed by atoms with Crippen LogP contribution in [-0.4, -0.2) is 19.4 Å². The van der Waals surface area contributed by atoms with E-state index in [4.69, 9.17) is 10.5 Å². The zero-order valence-corrected chi connectivity index (χ0v) is 8.54. The monoisotopic (exact) mass is 193 g/mol. The van der Waals surface area contributed by atoms with E-state index in [1.54, 1.807) is 13.2 Å². The normalized spacial score (nSPS) is 9.93. The van der Waals surface area contributed by atoms with E-state index < -0.39 is 0 Å². The van der Waals surface area contributed by atoms with Crippen molar-refractivity contribution in [3.05, 3.63) is 29.3 Å². The van der Waals surface area contributed by atoms with Gasteiger partial charge in [0.05, 0.1) is 12.7 Å². The minimum absolute atomic E-state index is 0.0352. The molecule has 0 fully saturated rings. The van der Waals surface area contributed by atoms with Crippen LogP contribution in [0.5, 0.6) is 5.75 Å². The smallest absolute Gasteiger partial charge is 0.167 e. The molecule has 0 radical (unpaired) electrons. The molecule has 14 heavy (non-hydrogen) atoms. The summed E-state index contributed by atoms with van der Waals surface area (Å²) >= 11 is 0. The molecule has 1 aromatic rings. The molecule has 0 aliphatic heterocycles. The Hall–Kier alpha value is -1.35. The van der Waals surface area contributed by atoms with Crippen molar-refractivity contribution in [3.63, 3.8) is 0 Å². The van der Waals surface area contributed by atoms with Crippen molar-refractivity contribution < 1.29 is 9.53 Å². The van der Waals surface area contributed by atoms with E-state index in [1.807, 2.05) is 19.1 Å². The third-order valence-corrected chi connectivity index (χ3v) is 2.03. The highest BCUT2D eigenvalue weighted by molar-refractivity contribution is 5.98. The van der Waals surface area contributed by atoms with Crippen molar-refractivity contribution in [1.82, 2.24) is 0 Å². The Balaban J connectivity index is 3.03. The van der Waals surface area contributed by atoms with E-state index in [-0.39, 0.29) is 5.78 Å². The molecule has 0 unspecified atom stereocenters. The molecule has 3 nitrogen and oxygen atoms in total. The van der Waals surface area contributed by atoms with Crippen molar-refractivity contribution >= 4 is 5.78 Å². The minimum Gasteiger partial charge on any atom is -0.496 e. The number of ketones is 1. The van der Waals surface area contributed by atoms with Gasteiger partial charge in [-0.1, -0.05) is 11.6 Å². The molecule has 76 valence electrons. The Kier molecular flexibility index (Phi) is 3.65. The largest absolute Gasteiger partial charge is 0.496 e. The van der Waals surface area contributed by atoms with Gasteiger partial charge in [0.25, 0.3) is 0 Å². The zero-order valence-electron chi connectivity index (χ0n) is 8.54. The molecular weight excluding hydrogens is 178 g/mol. The van der Waals surface area contributed by atoms with Crippen LogP contribution in [0.1, 0.15) is 22.3 Å². The molecule has 0 amide bonds. The van der Waals surface area contributed by atoms with E-state index in [2.05, 4.69) is 0 Å². The number of Topliss-reactive ketones (excluding diaryl/α,β-unsaturated/α-hetero) is 1. The number of rotatable bonds is 4. The van der Waals surface area contributed by atoms with Crippen LogP contribution in [0.25, 0.3) is 0 Å². The number of aryl methyl sites for hydroxylation is 1. The highest BCUT2D eigenvalue weighted by atomic mass is 16.5. The summed E-state index contributed by atoms with van der Waals surface area (Å²) in [5, 5.41) is 0. The summed E-state index contributed by atoms with van der Waals surface area (Å²) in [6.45, 7) is 2.31. The molecule has 1 aromatic carbocycles. The molecule has 0 aromatic heterocycles. The molecule has 0 saturated heterocycles. The topological polar surface area (TPSA) is 52.3 Å². The summed E-state index contributed by atoms with van der Waals surface area (Å²) < 4.78 is 5.11. The minimum atomic E-state index is 0.0352. The van der Waals surface area contributed by atoms with Gasteiger partial charge in [-0.05, 0) is 25.6 Å². The Morgan fingerprint density at radius 1 is 1.50 bits per heavy atom. The third-order valence-electron chi connectivity index (χ3n) is 2.03. The number of carbonyl (C=O) groups is 1. The molecule has 0 bridgehead atoms. The van der Waals surface area contributed by atoms with E-state index in [0.717, 1.165) is 5.56 Å². The SMILES string of the molecule is COc1ccc(C)cc1C(=O)CCN. The highest BCUT2D eigenvalue weighted by Gasteiger charge is 2.10. The van der Waals surface area contributed by atoms with Gasteiger partial charge in [0, 0.05) is 6.42 Å². The molecule has 0 aliphatic carbocycles. The second kappa shape index (κ2) is 4.77. The van der Waals surface area contributed by atoms with Gasteiger partial charge in [-0.3, -0.25) is 4.79 Å². The Labute approximate surface area is 83.9 Å². The van der Waals surface area contributed by atoms with Gasteiger partial charge >= 0.3 is 0 Å². The van der Waals surface area contributed by atoms with Crippen LogP contribution in [0.2, 0.25) is 0 Å². The summed E-state index contributed by atoms with van der Waals surface area (Å²) in [5.41, 5.74) is 7.01. The van der Waals surface area contributed by atoms with Gasteiger partial charge in [-0.2, -0.15) is 0 Å². The lowest BCUT2D eigenvalue weighted by Crippen LogP contribution is -2.09. The van der Waals surface area contributed by atoms with Gasteiger partial charge in [-0.15, -0.1) is 0 Å². The van der Waals surface area contributed by atoms with Gasteiger partial charge in [0.2, 0.25) is 0 Å². The number of nitrogens with two attached hydrogens (primary N) is 1. The standard InChI is InChI=1S/C11H15NO2/c1-8-3-4-11(14-2)9(7-8)10(13)5-6-12/h3-4,7H,5-6,12H2,1-2H3. The lowest BCUT2D eigenvalue weighted by atomic mass is 10.0. The Morgan fingerprint density at radius 2 is 2.21 bits per heavy atom. The number of hydrogen-bond donors (Lipinski definition) is 1. The first-order valence-electron chi connectivity index (χ1n) is 4.57. The predicted molar refractivity (Wildman–Crippen MR) is 55.7 cm³/mol. The van der Waals surface area contributed by atoms with Gasteiger partial charge < -0.3 is 10.5 Å². The molecule has 1 rings (SSSR count). The first kappa shape index (κ1) is 10.7. The van der Waals surface area contributed by atoms with Gasteiger partial charge in [0.15, 0.2) is 5.78 Å². The van der Waals surface area contributed by atoms with E-state index in [1.165, 1.54) is 0 Å².